The van der Waals surface area contributed by atoms with Crippen molar-refractivity contribution in [2.24, 2.45) is 0 Å². The zero-order valence-corrected chi connectivity index (χ0v) is 9.25. The van der Waals surface area contributed by atoms with E-state index in [-0.39, 0.29) is 0 Å². The van der Waals surface area contributed by atoms with E-state index in [1.807, 2.05) is 0 Å². The van der Waals surface area contributed by atoms with Crippen LogP contribution in [0.15, 0.2) is 0 Å². The predicted molar refractivity (Wildman–Crippen MR) is 53.2 cm³/mol. The number of aliphatic carboxylic acids is 1. The van der Waals surface area contributed by atoms with Crippen molar-refractivity contribution in [3.05, 3.63) is 0 Å². The summed E-state index contributed by atoms with van der Waals surface area (Å²) >= 11 is 0. The largest absolute Gasteiger partial charge is 0.477 e. The van der Waals surface area contributed by atoms with Gasteiger partial charge in [0.05, 0.1) is 12.7 Å². The standard InChI is InChI=1S/C9H16O9/c10-2-4(12)6(14)7-5(13)3(11)1-9(17,18-7)8(15)16/h3-7,10-14,17H,1-2H2,(H,15,16)/t3-,4-,5+,6-,7-,9+/m1/s1. The fourth-order valence-corrected chi connectivity index (χ4v) is 1.70. The number of hydrogen-bond donors (Lipinski definition) is 7. The molecule has 0 aromatic heterocycles. The molecular formula is C9H16O9. The quantitative estimate of drug-likeness (QED) is 0.268. The van der Waals surface area contributed by atoms with Gasteiger partial charge in [-0.1, -0.05) is 0 Å². The number of rotatable bonds is 4. The Bertz CT molecular complexity index is 308. The smallest absolute Gasteiger partial charge is 0.364 e. The lowest BCUT2D eigenvalue weighted by atomic mass is 9.91. The maximum absolute atomic E-state index is 10.8. The molecule has 0 aromatic rings. The SMILES string of the molecule is O=C(O)[C@]1(O)C[C@@H](O)[C@H](O)[C@H]([C@H](O)[C@H](O)CO)O1. The van der Waals surface area contributed by atoms with Crippen LogP contribution < -0.4 is 0 Å². The zero-order chi connectivity index (χ0) is 14.1. The molecule has 0 saturated carbocycles. The minimum Gasteiger partial charge on any atom is -0.477 e. The van der Waals surface area contributed by atoms with Crippen molar-refractivity contribution in [2.45, 2.75) is 42.7 Å². The third-order valence-electron chi connectivity index (χ3n) is 2.80. The van der Waals surface area contributed by atoms with E-state index in [1.165, 1.54) is 0 Å². The van der Waals surface area contributed by atoms with Crippen molar-refractivity contribution < 1.29 is 45.3 Å². The fourth-order valence-electron chi connectivity index (χ4n) is 1.70. The van der Waals surface area contributed by atoms with Gasteiger partial charge in [0.25, 0.3) is 5.79 Å². The molecule has 1 saturated heterocycles. The van der Waals surface area contributed by atoms with Crippen molar-refractivity contribution in [3.63, 3.8) is 0 Å². The first-order valence-electron chi connectivity index (χ1n) is 5.19. The molecule has 7 N–H and O–H groups in total. The molecule has 6 atom stereocenters. The Balaban J connectivity index is 2.92. The van der Waals surface area contributed by atoms with Crippen molar-refractivity contribution >= 4 is 5.97 Å². The highest BCUT2D eigenvalue weighted by atomic mass is 16.7. The lowest BCUT2D eigenvalue weighted by Gasteiger charge is -2.42. The molecule has 0 aromatic carbocycles. The Morgan fingerprint density at radius 1 is 1.39 bits per heavy atom. The topological polar surface area (TPSA) is 168 Å². The van der Waals surface area contributed by atoms with Gasteiger partial charge >= 0.3 is 5.97 Å². The van der Waals surface area contributed by atoms with Crippen molar-refractivity contribution in [1.29, 1.82) is 0 Å². The molecule has 106 valence electrons. The first kappa shape index (κ1) is 15.2. The maximum atomic E-state index is 10.8. The summed E-state index contributed by atoms with van der Waals surface area (Å²) in [5.74, 6) is -4.58. The predicted octanol–water partition coefficient (Wildman–Crippen LogP) is -4.02. The number of carbonyl (C=O) groups is 1. The Morgan fingerprint density at radius 2 is 1.94 bits per heavy atom. The average Bonchev–Trinajstić information content (AvgIpc) is 2.31. The average molecular weight is 268 g/mol. The second kappa shape index (κ2) is 5.45. The monoisotopic (exact) mass is 268 g/mol. The Kier molecular flexibility index (Phi) is 4.61. The summed E-state index contributed by atoms with van der Waals surface area (Å²) in [7, 11) is 0. The number of carboxylic acid groups (broad SMARTS) is 1. The maximum Gasteiger partial charge on any atom is 0.364 e. The molecule has 1 heterocycles. The van der Waals surface area contributed by atoms with Crippen LogP contribution in [-0.4, -0.2) is 84.6 Å². The van der Waals surface area contributed by atoms with Gasteiger partial charge < -0.3 is 40.5 Å². The van der Waals surface area contributed by atoms with E-state index >= 15 is 0 Å². The highest BCUT2D eigenvalue weighted by Crippen LogP contribution is 2.30. The summed E-state index contributed by atoms with van der Waals surface area (Å²) < 4.78 is 4.63. The molecule has 1 aliphatic rings. The second-order valence-corrected chi connectivity index (χ2v) is 4.17. The molecule has 0 spiro atoms. The van der Waals surface area contributed by atoms with Crippen molar-refractivity contribution in [3.8, 4) is 0 Å². The molecule has 18 heavy (non-hydrogen) atoms. The summed E-state index contributed by atoms with van der Waals surface area (Å²) in [6.07, 6.45) is -9.50. The summed E-state index contributed by atoms with van der Waals surface area (Å²) in [5, 5.41) is 64.6. The molecule has 0 radical (unpaired) electrons. The minimum absolute atomic E-state index is 0.790. The number of hydrogen-bond acceptors (Lipinski definition) is 8. The van der Waals surface area contributed by atoms with E-state index in [9.17, 15) is 30.3 Å². The Morgan fingerprint density at radius 3 is 2.39 bits per heavy atom. The third-order valence-corrected chi connectivity index (χ3v) is 2.80. The highest BCUT2D eigenvalue weighted by Gasteiger charge is 2.53. The van der Waals surface area contributed by atoms with Crippen LogP contribution in [0.5, 0.6) is 0 Å². The van der Waals surface area contributed by atoms with E-state index in [4.69, 9.17) is 10.2 Å². The molecular weight excluding hydrogens is 252 g/mol. The van der Waals surface area contributed by atoms with Crippen LogP contribution in [0.1, 0.15) is 6.42 Å². The lowest BCUT2D eigenvalue weighted by molar-refractivity contribution is -0.312. The molecule has 0 unspecified atom stereocenters. The van der Waals surface area contributed by atoms with Gasteiger partial charge in [-0.25, -0.2) is 4.79 Å². The fraction of sp³-hybridized carbons (Fsp3) is 0.889. The Labute approximate surface area is 101 Å². The number of aliphatic hydroxyl groups excluding tert-OH is 5. The van der Waals surface area contributed by atoms with Crippen LogP contribution in [0.3, 0.4) is 0 Å². The minimum atomic E-state index is -2.78. The van der Waals surface area contributed by atoms with E-state index in [1.54, 1.807) is 0 Å². The number of carboxylic acids is 1. The normalized spacial score (nSPS) is 40.2. The van der Waals surface area contributed by atoms with Crippen LogP contribution >= 0.6 is 0 Å². The van der Waals surface area contributed by atoms with Crippen LogP contribution in [0.25, 0.3) is 0 Å². The number of aliphatic hydroxyl groups is 6. The molecule has 9 heteroatoms. The van der Waals surface area contributed by atoms with Gasteiger partial charge in [0.1, 0.15) is 24.4 Å². The van der Waals surface area contributed by atoms with Crippen LogP contribution in [-0.2, 0) is 9.53 Å². The molecule has 9 nitrogen and oxygen atoms in total. The highest BCUT2D eigenvalue weighted by molar-refractivity contribution is 5.75. The first-order chi connectivity index (χ1) is 8.23. The summed E-state index contributed by atoms with van der Waals surface area (Å²) in [6, 6.07) is 0. The van der Waals surface area contributed by atoms with Crippen LogP contribution in [0.4, 0.5) is 0 Å². The van der Waals surface area contributed by atoms with E-state index in [2.05, 4.69) is 4.74 Å². The van der Waals surface area contributed by atoms with E-state index in [0.29, 0.717) is 0 Å². The van der Waals surface area contributed by atoms with Gasteiger partial charge in [0, 0.05) is 6.42 Å². The molecule has 0 bridgehead atoms. The lowest BCUT2D eigenvalue weighted by Crippen LogP contribution is -2.63. The zero-order valence-electron chi connectivity index (χ0n) is 9.25. The molecule has 0 aliphatic carbocycles. The second-order valence-electron chi connectivity index (χ2n) is 4.17. The Hall–Kier alpha value is -0.810. The van der Waals surface area contributed by atoms with Gasteiger partial charge in [0.2, 0.25) is 0 Å². The third kappa shape index (κ3) is 2.78. The molecule has 1 aliphatic heterocycles. The van der Waals surface area contributed by atoms with E-state index < -0.39 is 55.3 Å². The van der Waals surface area contributed by atoms with Gasteiger partial charge in [0.15, 0.2) is 0 Å². The molecule has 0 amide bonds. The summed E-state index contributed by atoms with van der Waals surface area (Å²) in [6.45, 7) is -0.866. The van der Waals surface area contributed by atoms with Crippen LogP contribution in [0, 0.1) is 0 Å². The van der Waals surface area contributed by atoms with Gasteiger partial charge in [-0.2, -0.15) is 0 Å². The molecule has 1 fully saturated rings. The number of ether oxygens (including phenoxy) is 1. The summed E-state index contributed by atoms with van der Waals surface area (Å²) in [4.78, 5) is 10.8. The van der Waals surface area contributed by atoms with Crippen LogP contribution in [0.2, 0.25) is 0 Å². The summed E-state index contributed by atoms with van der Waals surface area (Å²) in [5.41, 5.74) is 0. The van der Waals surface area contributed by atoms with Crippen molar-refractivity contribution in [1.82, 2.24) is 0 Å². The van der Waals surface area contributed by atoms with Gasteiger partial charge in [-0.3, -0.25) is 0 Å². The van der Waals surface area contributed by atoms with Crippen molar-refractivity contribution in [2.75, 3.05) is 6.61 Å². The van der Waals surface area contributed by atoms with E-state index in [0.717, 1.165) is 0 Å². The first-order valence-corrected chi connectivity index (χ1v) is 5.19. The van der Waals surface area contributed by atoms with Gasteiger partial charge in [-0.15, -0.1) is 0 Å². The van der Waals surface area contributed by atoms with Gasteiger partial charge in [-0.05, 0) is 0 Å². The molecule has 1 rings (SSSR count).